The lowest BCUT2D eigenvalue weighted by Crippen LogP contribution is -2.21. The van der Waals surface area contributed by atoms with Gasteiger partial charge >= 0.3 is 0 Å². The van der Waals surface area contributed by atoms with E-state index < -0.39 is 0 Å². The van der Waals surface area contributed by atoms with E-state index in [0.717, 1.165) is 18.5 Å². The number of benzene rings is 1. The van der Waals surface area contributed by atoms with Crippen molar-refractivity contribution in [1.29, 1.82) is 5.26 Å². The maximum Gasteiger partial charge on any atom is 0.166 e. The smallest absolute Gasteiger partial charge is 0.166 e. The first-order valence-corrected chi connectivity index (χ1v) is 5.62. The maximum absolute atomic E-state index is 9.18. The molecule has 0 aliphatic rings. The lowest BCUT2D eigenvalue weighted by molar-refractivity contribution is 0.349. The van der Waals surface area contributed by atoms with Gasteiger partial charge in [-0.25, -0.2) is 0 Å². The Morgan fingerprint density at radius 1 is 1.35 bits per heavy atom. The summed E-state index contributed by atoms with van der Waals surface area (Å²) in [5.74, 6) is 1.26. The normalized spacial score (nSPS) is 11.6. The van der Waals surface area contributed by atoms with Crippen LogP contribution < -0.4 is 14.8 Å². The summed E-state index contributed by atoms with van der Waals surface area (Å²) in [6, 6.07) is 7.40. The summed E-state index contributed by atoms with van der Waals surface area (Å²) in [5.41, 5.74) is 0.808. The van der Waals surface area contributed by atoms with Gasteiger partial charge in [0.25, 0.3) is 0 Å². The SMILES string of the molecule is CCCNC(C#N)c1cccc(OC)c1OC. The van der Waals surface area contributed by atoms with Gasteiger partial charge in [0, 0.05) is 5.56 Å². The first-order chi connectivity index (χ1) is 8.28. The van der Waals surface area contributed by atoms with Gasteiger partial charge < -0.3 is 9.47 Å². The molecule has 0 aromatic heterocycles. The fraction of sp³-hybridized carbons (Fsp3) is 0.462. The lowest BCUT2D eigenvalue weighted by Gasteiger charge is -2.16. The Morgan fingerprint density at radius 3 is 2.65 bits per heavy atom. The number of nitriles is 1. The van der Waals surface area contributed by atoms with Crippen molar-refractivity contribution in [2.45, 2.75) is 19.4 Å². The molecular weight excluding hydrogens is 216 g/mol. The van der Waals surface area contributed by atoms with Gasteiger partial charge in [-0.2, -0.15) is 5.26 Å². The summed E-state index contributed by atoms with van der Waals surface area (Å²) in [4.78, 5) is 0. The van der Waals surface area contributed by atoms with Gasteiger partial charge in [0.2, 0.25) is 0 Å². The van der Waals surface area contributed by atoms with Crippen LogP contribution >= 0.6 is 0 Å². The van der Waals surface area contributed by atoms with Gasteiger partial charge in [0.05, 0.1) is 20.3 Å². The third-order valence-electron chi connectivity index (χ3n) is 2.47. The number of methoxy groups -OCH3 is 2. The second-order valence-electron chi connectivity index (χ2n) is 3.60. The highest BCUT2D eigenvalue weighted by Gasteiger charge is 2.17. The van der Waals surface area contributed by atoms with Crippen LogP contribution in [0.2, 0.25) is 0 Å². The third kappa shape index (κ3) is 3.11. The molecule has 1 aromatic carbocycles. The third-order valence-corrected chi connectivity index (χ3v) is 2.47. The number of rotatable bonds is 6. The minimum Gasteiger partial charge on any atom is -0.493 e. The fourth-order valence-corrected chi connectivity index (χ4v) is 1.65. The molecule has 1 N–H and O–H groups in total. The second-order valence-corrected chi connectivity index (χ2v) is 3.60. The van der Waals surface area contributed by atoms with Crippen molar-refractivity contribution in [3.63, 3.8) is 0 Å². The van der Waals surface area contributed by atoms with E-state index >= 15 is 0 Å². The number of hydrogen-bond donors (Lipinski definition) is 1. The van der Waals surface area contributed by atoms with E-state index in [4.69, 9.17) is 9.47 Å². The quantitative estimate of drug-likeness (QED) is 0.820. The van der Waals surface area contributed by atoms with E-state index in [1.165, 1.54) is 0 Å². The fourth-order valence-electron chi connectivity index (χ4n) is 1.65. The molecule has 4 heteroatoms. The van der Waals surface area contributed by atoms with Crippen LogP contribution in [0.25, 0.3) is 0 Å². The van der Waals surface area contributed by atoms with Gasteiger partial charge in [-0.05, 0) is 19.0 Å². The first-order valence-electron chi connectivity index (χ1n) is 5.62. The number of hydrogen-bond acceptors (Lipinski definition) is 4. The highest BCUT2D eigenvalue weighted by Crippen LogP contribution is 2.34. The molecule has 1 aromatic rings. The van der Waals surface area contributed by atoms with Crippen LogP contribution in [0.4, 0.5) is 0 Å². The van der Waals surface area contributed by atoms with E-state index in [9.17, 15) is 5.26 Å². The van der Waals surface area contributed by atoms with Crippen molar-refractivity contribution in [2.75, 3.05) is 20.8 Å². The number of ether oxygens (including phenoxy) is 2. The Hall–Kier alpha value is -1.73. The van der Waals surface area contributed by atoms with Gasteiger partial charge in [0.15, 0.2) is 11.5 Å². The maximum atomic E-state index is 9.18. The molecule has 1 atom stereocenters. The first kappa shape index (κ1) is 13.3. The van der Waals surface area contributed by atoms with Crippen molar-refractivity contribution in [2.24, 2.45) is 0 Å². The van der Waals surface area contributed by atoms with Crippen molar-refractivity contribution >= 4 is 0 Å². The van der Waals surface area contributed by atoms with Crippen molar-refractivity contribution in [3.8, 4) is 17.6 Å². The van der Waals surface area contributed by atoms with Crippen molar-refractivity contribution in [1.82, 2.24) is 5.32 Å². The zero-order chi connectivity index (χ0) is 12.7. The molecule has 0 saturated carbocycles. The summed E-state index contributed by atoms with van der Waals surface area (Å²) in [5, 5.41) is 12.3. The molecule has 1 unspecified atom stereocenters. The van der Waals surface area contributed by atoms with Crippen LogP contribution in [0.15, 0.2) is 18.2 Å². The van der Waals surface area contributed by atoms with Crippen LogP contribution in [-0.2, 0) is 0 Å². The highest BCUT2D eigenvalue weighted by molar-refractivity contribution is 5.49. The average molecular weight is 234 g/mol. The molecule has 0 bridgehead atoms. The zero-order valence-electron chi connectivity index (χ0n) is 10.5. The van der Waals surface area contributed by atoms with Gasteiger partial charge in [-0.3, -0.25) is 5.32 Å². The summed E-state index contributed by atoms with van der Waals surface area (Å²) in [7, 11) is 3.16. The van der Waals surface area contributed by atoms with Gasteiger partial charge in [-0.15, -0.1) is 0 Å². The Labute approximate surface area is 102 Å². The van der Waals surface area contributed by atoms with Crippen LogP contribution in [-0.4, -0.2) is 20.8 Å². The molecule has 17 heavy (non-hydrogen) atoms. The van der Waals surface area contributed by atoms with E-state index in [1.807, 2.05) is 18.2 Å². The van der Waals surface area contributed by atoms with E-state index in [0.29, 0.717) is 11.5 Å². The number of nitrogens with one attached hydrogen (secondary N) is 1. The molecule has 0 aliphatic carbocycles. The van der Waals surface area contributed by atoms with Crippen molar-refractivity contribution < 1.29 is 9.47 Å². The minimum absolute atomic E-state index is 0.375. The van der Waals surface area contributed by atoms with Crippen molar-refractivity contribution in [3.05, 3.63) is 23.8 Å². The van der Waals surface area contributed by atoms with Crippen LogP contribution in [0.3, 0.4) is 0 Å². The van der Waals surface area contributed by atoms with Crippen LogP contribution in [0.5, 0.6) is 11.5 Å². The minimum atomic E-state index is -0.375. The van der Waals surface area contributed by atoms with Gasteiger partial charge in [-0.1, -0.05) is 19.1 Å². The predicted octanol–water partition coefficient (Wildman–Crippen LogP) is 2.27. The monoisotopic (exact) mass is 234 g/mol. The summed E-state index contributed by atoms with van der Waals surface area (Å²) in [6.45, 7) is 2.85. The second kappa shape index (κ2) is 6.77. The predicted molar refractivity (Wildman–Crippen MR) is 66.2 cm³/mol. The topological polar surface area (TPSA) is 54.3 Å². The largest absolute Gasteiger partial charge is 0.493 e. The Balaban J connectivity index is 3.06. The number of nitrogens with zero attached hydrogens (tertiary/aromatic N) is 1. The van der Waals surface area contributed by atoms with Gasteiger partial charge in [0.1, 0.15) is 6.04 Å². The summed E-state index contributed by atoms with van der Waals surface area (Å²) in [6.07, 6.45) is 0.977. The zero-order valence-corrected chi connectivity index (χ0v) is 10.5. The Morgan fingerprint density at radius 2 is 2.12 bits per heavy atom. The Bertz CT molecular complexity index is 399. The molecule has 0 heterocycles. The molecule has 0 fully saturated rings. The molecule has 0 amide bonds. The highest BCUT2D eigenvalue weighted by atomic mass is 16.5. The summed E-state index contributed by atoms with van der Waals surface area (Å²) < 4.78 is 10.5. The summed E-state index contributed by atoms with van der Waals surface area (Å²) >= 11 is 0. The average Bonchev–Trinajstić information content (AvgIpc) is 2.39. The molecule has 0 spiro atoms. The molecular formula is C13H18N2O2. The van der Waals surface area contributed by atoms with E-state index in [-0.39, 0.29) is 6.04 Å². The van der Waals surface area contributed by atoms with E-state index in [1.54, 1.807) is 14.2 Å². The van der Waals surface area contributed by atoms with Crippen LogP contribution in [0.1, 0.15) is 24.9 Å². The molecule has 4 nitrogen and oxygen atoms in total. The molecule has 0 radical (unpaired) electrons. The van der Waals surface area contributed by atoms with E-state index in [2.05, 4.69) is 18.3 Å². The molecule has 0 aliphatic heterocycles. The van der Waals surface area contributed by atoms with Crippen LogP contribution in [0, 0.1) is 11.3 Å². The Kier molecular flexibility index (Phi) is 5.31. The lowest BCUT2D eigenvalue weighted by atomic mass is 10.1. The number of para-hydroxylation sites is 1. The standard InChI is InChI=1S/C13H18N2O2/c1-4-8-15-11(9-14)10-6-5-7-12(16-2)13(10)17-3/h5-7,11,15H,4,8H2,1-3H3. The molecule has 92 valence electrons. The molecule has 1 rings (SSSR count). The molecule has 0 saturated heterocycles.